The van der Waals surface area contributed by atoms with E-state index in [1.165, 1.54) is 89.9 Å². The van der Waals surface area contributed by atoms with Crippen LogP contribution in [0.3, 0.4) is 0 Å². The van der Waals surface area contributed by atoms with E-state index >= 15 is 0 Å². The highest BCUT2D eigenvalue weighted by Gasteiger charge is 2.27. The lowest BCUT2D eigenvalue weighted by Crippen LogP contribution is -2.37. The normalized spacial score (nSPS) is 14.1. The van der Waals surface area contributed by atoms with Crippen LogP contribution in [0.25, 0.3) is 0 Å². The van der Waals surface area contributed by atoms with Crippen molar-refractivity contribution in [3.8, 4) is 0 Å². The van der Waals surface area contributed by atoms with Gasteiger partial charge in [-0.25, -0.2) is 4.57 Å². The predicted molar refractivity (Wildman–Crippen MR) is 261 cm³/mol. The van der Waals surface area contributed by atoms with Crippen molar-refractivity contribution in [3.05, 3.63) is 72.9 Å². The van der Waals surface area contributed by atoms with Crippen molar-refractivity contribution in [2.45, 2.75) is 200 Å². The van der Waals surface area contributed by atoms with Crippen molar-refractivity contribution < 1.29 is 42.1 Å². The SMILES string of the molecule is CC/C=C/C=C/C=C/C=C/CCCCCCCC(=O)OC[C@H](COP(=O)(O)OCC[N+](C)(C)C)OC(=O)CCC/C=C/CC/C=C/CCCCCCCCCCCCCCCC. The Hall–Kier alpha value is -2.55. The lowest BCUT2D eigenvalue weighted by molar-refractivity contribution is -0.870. The zero-order valence-electron chi connectivity index (χ0n) is 40.3. The van der Waals surface area contributed by atoms with Gasteiger partial charge in [0.2, 0.25) is 0 Å². The number of hydrogen-bond acceptors (Lipinski definition) is 7. The lowest BCUT2D eigenvalue weighted by atomic mass is 10.0. The number of hydrogen-bond donors (Lipinski definition) is 1. The average molecular weight is 891 g/mol. The molecule has 0 bridgehead atoms. The summed E-state index contributed by atoms with van der Waals surface area (Å²) in [6.45, 7) is 4.22. The minimum atomic E-state index is -4.40. The van der Waals surface area contributed by atoms with Crippen molar-refractivity contribution in [1.29, 1.82) is 0 Å². The molecule has 2 atom stereocenters. The molecule has 358 valence electrons. The summed E-state index contributed by atoms with van der Waals surface area (Å²) >= 11 is 0. The standard InChI is InChI=1S/C52H92NO8P/c1-6-8-10-12-14-16-18-20-22-23-24-25-26-27-28-29-31-33-35-37-39-41-43-45-52(55)61-50(49-60-62(56,57)59-47-46-53(3,4)5)48-58-51(54)44-42-40-38-36-34-32-30-21-19-17-15-13-11-9-7-2/h9,11,13,15,17,19,21,29-31,37,39,50H,6-8,10,12,14,16,18,20,22-28,32-36,38,40-49H2,1-5H3/p+1/b11-9+,15-13+,19-17+,30-21+,31-29+,39-37+/t50-/m1/s1. The Bertz CT molecular complexity index is 1280. The van der Waals surface area contributed by atoms with Crippen LogP contribution in [0.1, 0.15) is 194 Å². The van der Waals surface area contributed by atoms with Gasteiger partial charge in [-0.05, 0) is 64.2 Å². The number of quaternary nitrogens is 1. The molecule has 0 aliphatic heterocycles. The second-order valence-electron chi connectivity index (χ2n) is 17.5. The lowest BCUT2D eigenvalue weighted by Gasteiger charge is -2.24. The molecule has 0 aromatic rings. The van der Waals surface area contributed by atoms with Crippen molar-refractivity contribution in [1.82, 2.24) is 0 Å². The zero-order chi connectivity index (χ0) is 45.7. The van der Waals surface area contributed by atoms with Crippen LogP contribution >= 0.6 is 7.82 Å². The molecule has 0 fully saturated rings. The average Bonchev–Trinajstić information content (AvgIpc) is 3.23. The van der Waals surface area contributed by atoms with E-state index in [1.807, 2.05) is 51.5 Å². The molecule has 0 aromatic heterocycles. The molecule has 0 aliphatic carbocycles. The summed E-state index contributed by atoms with van der Waals surface area (Å²) in [5.41, 5.74) is 0. The van der Waals surface area contributed by atoms with Crippen LogP contribution in [0, 0.1) is 0 Å². The number of rotatable bonds is 44. The number of nitrogens with zero attached hydrogens (tertiary/aromatic N) is 1. The quantitative estimate of drug-likeness (QED) is 0.0161. The summed E-state index contributed by atoms with van der Waals surface area (Å²) in [7, 11) is 1.43. The summed E-state index contributed by atoms with van der Waals surface area (Å²) in [4.78, 5) is 35.4. The fraction of sp³-hybridized carbons (Fsp3) is 0.731. The van der Waals surface area contributed by atoms with Crippen LogP contribution in [0.5, 0.6) is 0 Å². The summed E-state index contributed by atoms with van der Waals surface area (Å²) in [6, 6.07) is 0. The molecule has 0 saturated heterocycles. The highest BCUT2D eigenvalue weighted by atomic mass is 31.2. The highest BCUT2D eigenvalue weighted by Crippen LogP contribution is 2.43. The van der Waals surface area contributed by atoms with Gasteiger partial charge in [-0.15, -0.1) is 0 Å². The van der Waals surface area contributed by atoms with Crippen molar-refractivity contribution in [2.24, 2.45) is 0 Å². The van der Waals surface area contributed by atoms with Crippen LogP contribution in [0.2, 0.25) is 0 Å². The molecular weight excluding hydrogens is 798 g/mol. The Morgan fingerprint density at radius 3 is 1.52 bits per heavy atom. The maximum absolute atomic E-state index is 12.7. The molecule has 9 nitrogen and oxygen atoms in total. The number of likely N-dealkylation sites (N-methyl/N-ethyl adjacent to an activating group) is 1. The van der Waals surface area contributed by atoms with Crippen molar-refractivity contribution in [2.75, 3.05) is 47.5 Å². The number of phosphoric acid groups is 1. The molecule has 10 heteroatoms. The number of allylic oxidation sites excluding steroid dienone is 12. The van der Waals surface area contributed by atoms with Gasteiger partial charge in [0.05, 0.1) is 27.7 Å². The Morgan fingerprint density at radius 1 is 0.516 bits per heavy atom. The molecular formula is C52H93NO8P+. The first-order valence-corrected chi connectivity index (χ1v) is 26.2. The number of esters is 2. The van der Waals surface area contributed by atoms with E-state index in [2.05, 4.69) is 56.4 Å². The minimum Gasteiger partial charge on any atom is -0.462 e. The molecule has 62 heavy (non-hydrogen) atoms. The first-order chi connectivity index (χ1) is 30.0. The molecule has 0 spiro atoms. The third-order valence-electron chi connectivity index (χ3n) is 10.3. The van der Waals surface area contributed by atoms with E-state index in [4.69, 9.17) is 18.5 Å². The third-order valence-corrected chi connectivity index (χ3v) is 11.3. The van der Waals surface area contributed by atoms with Gasteiger partial charge in [0.1, 0.15) is 19.8 Å². The fourth-order valence-corrected chi connectivity index (χ4v) is 7.20. The van der Waals surface area contributed by atoms with Crippen molar-refractivity contribution in [3.63, 3.8) is 0 Å². The molecule has 0 heterocycles. The van der Waals surface area contributed by atoms with Crippen molar-refractivity contribution >= 4 is 19.8 Å². The molecule has 0 saturated carbocycles. The second kappa shape index (κ2) is 43.7. The number of carbonyl (C=O) groups excluding carboxylic acids is 2. The Labute approximate surface area is 380 Å². The maximum atomic E-state index is 12.7. The Kier molecular flexibility index (Phi) is 41.9. The highest BCUT2D eigenvalue weighted by molar-refractivity contribution is 7.47. The number of ether oxygens (including phenoxy) is 2. The summed E-state index contributed by atoms with van der Waals surface area (Å²) in [6.07, 6.45) is 55.4. The van der Waals surface area contributed by atoms with Crippen LogP contribution in [0.15, 0.2) is 72.9 Å². The first kappa shape index (κ1) is 59.5. The van der Waals surface area contributed by atoms with E-state index in [0.717, 1.165) is 64.2 Å². The van der Waals surface area contributed by atoms with Crippen LogP contribution in [-0.2, 0) is 32.7 Å². The number of phosphoric ester groups is 1. The van der Waals surface area contributed by atoms with E-state index in [-0.39, 0.29) is 26.1 Å². The van der Waals surface area contributed by atoms with Gasteiger partial charge in [0, 0.05) is 12.8 Å². The second-order valence-corrected chi connectivity index (χ2v) is 19.0. The van der Waals surface area contributed by atoms with Gasteiger partial charge < -0.3 is 18.9 Å². The summed E-state index contributed by atoms with van der Waals surface area (Å²) in [5.74, 6) is -0.878. The van der Waals surface area contributed by atoms with Crippen LogP contribution in [-0.4, -0.2) is 74.9 Å². The molecule has 0 rings (SSSR count). The summed E-state index contributed by atoms with van der Waals surface area (Å²) in [5, 5.41) is 0. The monoisotopic (exact) mass is 891 g/mol. The van der Waals surface area contributed by atoms with E-state index < -0.39 is 32.5 Å². The van der Waals surface area contributed by atoms with Gasteiger partial charge in [-0.2, -0.15) is 0 Å². The van der Waals surface area contributed by atoms with Crippen LogP contribution in [0.4, 0.5) is 0 Å². The molecule has 0 amide bonds. The van der Waals surface area contributed by atoms with Gasteiger partial charge >= 0.3 is 19.8 Å². The maximum Gasteiger partial charge on any atom is 0.472 e. The van der Waals surface area contributed by atoms with Crippen LogP contribution < -0.4 is 0 Å². The van der Waals surface area contributed by atoms with Gasteiger partial charge in [-0.3, -0.25) is 18.6 Å². The van der Waals surface area contributed by atoms with E-state index in [9.17, 15) is 19.0 Å². The molecule has 1 unspecified atom stereocenters. The number of carbonyl (C=O) groups is 2. The fourth-order valence-electron chi connectivity index (χ4n) is 6.46. The number of unbranched alkanes of at least 4 members (excludes halogenated alkanes) is 21. The Morgan fingerprint density at radius 2 is 0.968 bits per heavy atom. The zero-order valence-corrected chi connectivity index (χ0v) is 41.2. The molecule has 0 radical (unpaired) electrons. The van der Waals surface area contributed by atoms with Gasteiger partial charge in [0.25, 0.3) is 0 Å². The van der Waals surface area contributed by atoms with Gasteiger partial charge in [-0.1, -0.05) is 189 Å². The molecule has 0 aromatic carbocycles. The van der Waals surface area contributed by atoms with Gasteiger partial charge in [0.15, 0.2) is 6.10 Å². The molecule has 0 aliphatic rings. The minimum absolute atomic E-state index is 0.0172. The Balaban J connectivity index is 4.34. The summed E-state index contributed by atoms with van der Waals surface area (Å²) < 4.78 is 34.3. The first-order valence-electron chi connectivity index (χ1n) is 24.7. The molecule has 1 N–H and O–H groups in total. The van der Waals surface area contributed by atoms with E-state index in [1.54, 1.807) is 0 Å². The van der Waals surface area contributed by atoms with E-state index in [0.29, 0.717) is 23.9 Å². The largest absolute Gasteiger partial charge is 0.472 e. The topological polar surface area (TPSA) is 108 Å². The predicted octanol–water partition coefficient (Wildman–Crippen LogP) is 14.6. The third kappa shape index (κ3) is 46.9. The smallest absolute Gasteiger partial charge is 0.462 e.